The van der Waals surface area contributed by atoms with E-state index >= 15 is 0 Å². The average Bonchev–Trinajstić information content (AvgIpc) is 2.40. The van der Waals surface area contributed by atoms with Crippen molar-refractivity contribution in [3.05, 3.63) is 34.9 Å². The smallest absolute Gasteiger partial charge is 0.328 e. The van der Waals surface area contributed by atoms with Crippen LogP contribution in [-0.2, 0) is 9.59 Å². The Morgan fingerprint density at radius 1 is 1.48 bits per heavy atom. The van der Waals surface area contributed by atoms with Gasteiger partial charge < -0.3 is 15.3 Å². The Labute approximate surface area is 128 Å². The highest BCUT2D eigenvalue weighted by Gasteiger charge is 2.38. The molecule has 1 heterocycles. The molecule has 0 aliphatic carbocycles. The molecule has 112 valence electrons. The van der Waals surface area contributed by atoms with Gasteiger partial charge in [-0.3, -0.25) is 4.79 Å². The van der Waals surface area contributed by atoms with E-state index < -0.39 is 11.5 Å². The van der Waals surface area contributed by atoms with Crippen LogP contribution in [0.1, 0.15) is 19.4 Å². The fourth-order valence-corrected chi connectivity index (χ4v) is 2.54. The third kappa shape index (κ3) is 3.19. The number of carboxylic acids is 1. The van der Waals surface area contributed by atoms with Crippen molar-refractivity contribution in [2.75, 3.05) is 18.0 Å². The summed E-state index contributed by atoms with van der Waals surface area (Å²) < 4.78 is 0. The Morgan fingerprint density at radius 3 is 2.86 bits per heavy atom. The number of benzene rings is 1. The van der Waals surface area contributed by atoms with E-state index in [0.29, 0.717) is 23.7 Å². The number of nitrogens with one attached hydrogen (secondary N) is 1. The molecule has 0 radical (unpaired) electrons. The van der Waals surface area contributed by atoms with Crippen LogP contribution in [0.25, 0.3) is 6.08 Å². The SMILES string of the molecule is CC1(C)C(=O)NCCN1c1cc(Cl)ccc1/C=C/C(=O)O. The van der Waals surface area contributed by atoms with Crippen molar-refractivity contribution in [3.63, 3.8) is 0 Å². The maximum atomic E-state index is 12.1. The number of carbonyl (C=O) groups excluding carboxylic acids is 1. The Hall–Kier alpha value is -2.01. The highest BCUT2D eigenvalue weighted by molar-refractivity contribution is 6.31. The quantitative estimate of drug-likeness (QED) is 0.840. The van der Waals surface area contributed by atoms with Crippen LogP contribution < -0.4 is 10.2 Å². The van der Waals surface area contributed by atoms with Crippen molar-refractivity contribution >= 4 is 35.2 Å². The summed E-state index contributed by atoms with van der Waals surface area (Å²) in [7, 11) is 0. The van der Waals surface area contributed by atoms with Crippen LogP contribution in [0.15, 0.2) is 24.3 Å². The van der Waals surface area contributed by atoms with Crippen LogP contribution in [0, 0.1) is 0 Å². The van der Waals surface area contributed by atoms with Crippen molar-refractivity contribution in [3.8, 4) is 0 Å². The summed E-state index contributed by atoms with van der Waals surface area (Å²) >= 11 is 6.06. The van der Waals surface area contributed by atoms with Crippen LogP contribution in [-0.4, -0.2) is 35.6 Å². The number of anilines is 1. The zero-order valence-electron chi connectivity index (χ0n) is 11.9. The summed E-state index contributed by atoms with van der Waals surface area (Å²) in [4.78, 5) is 24.7. The third-order valence-corrected chi connectivity index (χ3v) is 3.78. The normalized spacial score (nSPS) is 17.9. The Bertz CT molecular complexity index is 611. The molecule has 0 spiro atoms. The molecule has 1 amide bonds. The first kappa shape index (κ1) is 15.4. The summed E-state index contributed by atoms with van der Waals surface area (Å²) in [5, 5.41) is 12.2. The second-order valence-corrected chi connectivity index (χ2v) is 5.78. The lowest BCUT2D eigenvalue weighted by atomic mass is 9.96. The maximum absolute atomic E-state index is 12.1. The van der Waals surface area contributed by atoms with E-state index in [1.807, 2.05) is 18.7 Å². The molecule has 1 fully saturated rings. The standard InChI is InChI=1S/C15H17ClN2O3/c1-15(2)14(21)17-7-8-18(15)12-9-11(16)5-3-10(12)4-6-13(19)20/h3-6,9H,7-8H2,1-2H3,(H,17,21)(H,19,20)/b6-4+. The number of nitrogens with zero attached hydrogens (tertiary/aromatic N) is 1. The molecule has 1 saturated heterocycles. The minimum Gasteiger partial charge on any atom is -0.478 e. The monoisotopic (exact) mass is 308 g/mol. The van der Waals surface area contributed by atoms with Gasteiger partial charge in [0.05, 0.1) is 0 Å². The van der Waals surface area contributed by atoms with Gasteiger partial charge in [-0.15, -0.1) is 0 Å². The number of carbonyl (C=O) groups is 2. The first-order valence-corrected chi connectivity index (χ1v) is 6.96. The van der Waals surface area contributed by atoms with E-state index in [9.17, 15) is 9.59 Å². The van der Waals surface area contributed by atoms with Crippen LogP contribution in [0.4, 0.5) is 5.69 Å². The van der Waals surface area contributed by atoms with Gasteiger partial charge >= 0.3 is 5.97 Å². The Kier molecular flexibility index (Phi) is 4.23. The lowest BCUT2D eigenvalue weighted by Gasteiger charge is -2.43. The third-order valence-electron chi connectivity index (χ3n) is 3.54. The van der Waals surface area contributed by atoms with E-state index in [4.69, 9.17) is 16.7 Å². The van der Waals surface area contributed by atoms with Gasteiger partial charge in [0, 0.05) is 29.9 Å². The topological polar surface area (TPSA) is 69.6 Å². The molecule has 0 aromatic heterocycles. The lowest BCUT2D eigenvalue weighted by Crippen LogP contribution is -2.62. The van der Waals surface area contributed by atoms with E-state index in [1.54, 1.807) is 18.2 Å². The molecule has 0 unspecified atom stereocenters. The zero-order chi connectivity index (χ0) is 15.6. The molecule has 0 atom stereocenters. The van der Waals surface area contributed by atoms with Gasteiger partial charge in [0.15, 0.2) is 0 Å². The molecule has 6 heteroatoms. The molecule has 5 nitrogen and oxygen atoms in total. The number of amides is 1. The van der Waals surface area contributed by atoms with E-state index in [2.05, 4.69) is 5.32 Å². The number of carboxylic acid groups (broad SMARTS) is 1. The Morgan fingerprint density at radius 2 is 2.19 bits per heavy atom. The number of halogens is 1. The van der Waals surface area contributed by atoms with E-state index in [1.165, 1.54) is 6.08 Å². The van der Waals surface area contributed by atoms with Gasteiger partial charge in [0.2, 0.25) is 5.91 Å². The summed E-state index contributed by atoms with van der Waals surface area (Å²) in [5.74, 6) is -1.09. The van der Waals surface area contributed by atoms with Gasteiger partial charge in [-0.1, -0.05) is 17.7 Å². The molecule has 1 aromatic rings. The van der Waals surface area contributed by atoms with Gasteiger partial charge in [-0.2, -0.15) is 0 Å². The van der Waals surface area contributed by atoms with Gasteiger partial charge in [0.1, 0.15) is 5.54 Å². The molecule has 2 N–H and O–H groups in total. The first-order valence-electron chi connectivity index (χ1n) is 6.59. The number of hydrogen-bond acceptors (Lipinski definition) is 3. The van der Waals surface area contributed by atoms with E-state index in [-0.39, 0.29) is 5.91 Å². The zero-order valence-corrected chi connectivity index (χ0v) is 12.6. The highest BCUT2D eigenvalue weighted by Crippen LogP contribution is 2.32. The lowest BCUT2D eigenvalue weighted by molar-refractivity contribution is -0.131. The van der Waals surface area contributed by atoms with Crippen molar-refractivity contribution in [2.45, 2.75) is 19.4 Å². The van der Waals surface area contributed by atoms with Crippen molar-refractivity contribution in [2.24, 2.45) is 0 Å². The fraction of sp³-hybridized carbons (Fsp3) is 0.333. The maximum Gasteiger partial charge on any atom is 0.328 e. The molecule has 0 bridgehead atoms. The molecule has 1 aliphatic rings. The van der Waals surface area contributed by atoms with Gasteiger partial charge in [-0.25, -0.2) is 4.79 Å². The largest absolute Gasteiger partial charge is 0.478 e. The number of hydrogen-bond donors (Lipinski definition) is 2. The average molecular weight is 309 g/mol. The van der Waals surface area contributed by atoms with Crippen LogP contribution in [0.5, 0.6) is 0 Å². The number of rotatable bonds is 3. The molecular weight excluding hydrogens is 292 g/mol. The molecule has 21 heavy (non-hydrogen) atoms. The van der Waals surface area contributed by atoms with Gasteiger partial charge in [0.25, 0.3) is 0 Å². The molecule has 1 aliphatic heterocycles. The summed E-state index contributed by atoms with van der Waals surface area (Å²) in [6.07, 6.45) is 2.58. The number of piperazine rings is 1. The van der Waals surface area contributed by atoms with Crippen LogP contribution in [0.2, 0.25) is 5.02 Å². The predicted molar refractivity (Wildman–Crippen MR) is 82.6 cm³/mol. The van der Waals surface area contributed by atoms with E-state index in [0.717, 1.165) is 11.8 Å². The summed E-state index contributed by atoms with van der Waals surface area (Å²) in [6, 6.07) is 5.20. The van der Waals surface area contributed by atoms with Crippen molar-refractivity contribution in [1.82, 2.24) is 5.32 Å². The van der Waals surface area contributed by atoms with Crippen molar-refractivity contribution < 1.29 is 14.7 Å². The minimum absolute atomic E-state index is 0.0677. The van der Waals surface area contributed by atoms with Crippen LogP contribution >= 0.6 is 11.6 Å². The highest BCUT2D eigenvalue weighted by atomic mass is 35.5. The molecular formula is C15H17ClN2O3. The minimum atomic E-state index is -1.02. The fourth-order valence-electron chi connectivity index (χ4n) is 2.37. The second kappa shape index (κ2) is 5.77. The number of aliphatic carboxylic acids is 1. The first-order chi connectivity index (χ1) is 9.82. The second-order valence-electron chi connectivity index (χ2n) is 5.34. The van der Waals surface area contributed by atoms with Crippen molar-refractivity contribution in [1.29, 1.82) is 0 Å². The predicted octanol–water partition coefficient (Wildman–Crippen LogP) is 2.15. The van der Waals surface area contributed by atoms with Gasteiger partial charge in [-0.05, 0) is 37.6 Å². The molecule has 0 saturated carbocycles. The Balaban J connectivity index is 2.48. The van der Waals surface area contributed by atoms with Crippen LogP contribution in [0.3, 0.4) is 0 Å². The summed E-state index contributed by atoms with van der Waals surface area (Å²) in [5.41, 5.74) is 0.735. The summed E-state index contributed by atoms with van der Waals surface area (Å²) in [6.45, 7) is 4.82. The molecule has 2 rings (SSSR count). The molecule has 1 aromatic carbocycles.